The van der Waals surface area contributed by atoms with Gasteiger partial charge in [0.05, 0.1) is 6.20 Å². The third-order valence-electron chi connectivity index (χ3n) is 7.48. The van der Waals surface area contributed by atoms with Crippen LogP contribution in [0.25, 0.3) is 0 Å². The Labute approximate surface area is 317 Å². The summed E-state index contributed by atoms with van der Waals surface area (Å²) in [6.07, 6.45) is 16.4. The van der Waals surface area contributed by atoms with Crippen molar-refractivity contribution in [1.29, 1.82) is 0 Å². The largest absolute Gasteiger partial charge is 0.285 e. The van der Waals surface area contributed by atoms with Gasteiger partial charge in [0.1, 0.15) is 6.33 Å². The molecule has 51 heavy (non-hydrogen) atoms. The molecule has 0 aliphatic rings. The molecule has 0 aromatic carbocycles. The van der Waals surface area contributed by atoms with Gasteiger partial charge in [-0.05, 0) is 110 Å². The van der Waals surface area contributed by atoms with Gasteiger partial charge in [0.15, 0.2) is 0 Å². The summed E-state index contributed by atoms with van der Waals surface area (Å²) < 4.78 is 0. The molecule has 0 aliphatic carbocycles. The quantitative estimate of drug-likeness (QED) is 0.185. The Kier molecular flexibility index (Phi) is 23.6. The van der Waals surface area contributed by atoms with Crippen LogP contribution in [0.1, 0.15) is 151 Å². The number of H-pyrrole nitrogens is 1. The maximum absolute atomic E-state index is 4.01. The van der Waals surface area contributed by atoms with Gasteiger partial charge in [-0.15, -0.1) is 11.3 Å². The van der Waals surface area contributed by atoms with Gasteiger partial charge in [-0.1, -0.05) is 95.2 Å². The molecular formula is C43H62N6S2. The van der Waals surface area contributed by atoms with E-state index in [4.69, 9.17) is 0 Å². The van der Waals surface area contributed by atoms with Crippen molar-refractivity contribution in [2.24, 2.45) is 0 Å². The van der Waals surface area contributed by atoms with Crippen molar-refractivity contribution in [2.75, 3.05) is 0 Å². The molecule has 0 spiro atoms. The van der Waals surface area contributed by atoms with Gasteiger partial charge >= 0.3 is 0 Å². The van der Waals surface area contributed by atoms with Crippen molar-refractivity contribution in [3.63, 3.8) is 0 Å². The average molecular weight is 727 g/mol. The van der Waals surface area contributed by atoms with Gasteiger partial charge in [-0.3, -0.25) is 15.1 Å². The van der Waals surface area contributed by atoms with E-state index in [1.807, 2.05) is 72.9 Å². The molecule has 276 valence electrons. The van der Waals surface area contributed by atoms with Crippen LogP contribution in [0.5, 0.6) is 0 Å². The average Bonchev–Trinajstić information content (AvgIpc) is 3.96. The van der Waals surface area contributed by atoms with Crippen LogP contribution in [0.4, 0.5) is 0 Å². The van der Waals surface area contributed by atoms with Crippen molar-refractivity contribution in [2.45, 2.75) is 119 Å². The van der Waals surface area contributed by atoms with E-state index in [2.05, 4.69) is 154 Å². The van der Waals surface area contributed by atoms with E-state index < -0.39 is 0 Å². The minimum absolute atomic E-state index is 0.534. The van der Waals surface area contributed by atoms with Crippen LogP contribution in [0.2, 0.25) is 0 Å². The van der Waals surface area contributed by atoms with Gasteiger partial charge < -0.3 is 0 Å². The van der Waals surface area contributed by atoms with Gasteiger partial charge in [-0.25, -0.2) is 9.97 Å². The van der Waals surface area contributed by atoms with E-state index in [1.165, 1.54) is 32.7 Å². The summed E-state index contributed by atoms with van der Waals surface area (Å²) in [7, 11) is 0. The third-order valence-corrected chi connectivity index (χ3v) is 9.35. The number of thiophene rings is 2. The number of aromatic nitrogens is 6. The molecule has 0 bridgehead atoms. The third kappa shape index (κ3) is 21.1. The van der Waals surface area contributed by atoms with Crippen LogP contribution < -0.4 is 0 Å². The molecule has 1 N–H and O–H groups in total. The summed E-state index contributed by atoms with van der Waals surface area (Å²) in [5.74, 6) is 3.74. The summed E-state index contributed by atoms with van der Waals surface area (Å²) in [6, 6.07) is 14.6. The first-order valence-corrected chi connectivity index (χ1v) is 19.7. The lowest BCUT2D eigenvalue weighted by atomic mass is 10.1. The molecule has 6 aromatic heterocycles. The molecule has 8 heteroatoms. The zero-order valence-electron chi connectivity index (χ0n) is 33.0. The summed E-state index contributed by atoms with van der Waals surface area (Å²) in [6.45, 7) is 26.1. The lowest BCUT2D eigenvalue weighted by molar-refractivity contribution is 0.845. The van der Waals surface area contributed by atoms with Crippen molar-refractivity contribution in [3.8, 4) is 0 Å². The predicted octanol–water partition coefficient (Wildman–Crippen LogP) is 13.3. The molecule has 0 radical (unpaired) electrons. The maximum Gasteiger partial charge on any atom is 0.115 e. The standard InChI is InChI=1S/2C8H11N.C7H10N2.2C7H10S.C6H10N2/c1-7(2)8-3-5-9-6-4-8;1-7(2)8-4-3-5-9-6-8;1-6(2)7-3-8-5-9-4-7;1-6(2)7-3-4-8-5-7;1-6(2)7-4-3-5-8-7;1-5(2)6-3-7-8-4-6/h2*3-7H,1-2H3;3-6H,1-2H3;2*3-6H,1-2H3;3-5H,1-2H3,(H,7,8). The molecule has 6 rings (SSSR count). The fourth-order valence-corrected chi connectivity index (χ4v) is 5.44. The normalized spacial score (nSPS) is 10.2. The number of aromatic amines is 1. The second-order valence-electron chi connectivity index (χ2n) is 13.8. The predicted molar refractivity (Wildman–Crippen MR) is 222 cm³/mol. The minimum Gasteiger partial charge on any atom is -0.285 e. The summed E-state index contributed by atoms with van der Waals surface area (Å²) in [4.78, 5) is 17.2. The molecule has 6 nitrogen and oxygen atoms in total. The first-order valence-electron chi connectivity index (χ1n) is 17.9. The molecule has 0 unspecified atom stereocenters. The van der Waals surface area contributed by atoms with E-state index in [1.54, 1.807) is 23.9 Å². The highest BCUT2D eigenvalue weighted by Crippen LogP contribution is 2.19. The number of hydrogen-bond acceptors (Lipinski definition) is 7. The van der Waals surface area contributed by atoms with E-state index in [9.17, 15) is 0 Å². The van der Waals surface area contributed by atoms with Crippen LogP contribution in [0.3, 0.4) is 0 Å². The topological polar surface area (TPSA) is 80.2 Å². The molecule has 0 aliphatic heterocycles. The molecular weight excluding hydrogens is 665 g/mol. The van der Waals surface area contributed by atoms with Crippen molar-refractivity contribution in [1.82, 2.24) is 30.1 Å². The molecule has 0 fully saturated rings. The Morgan fingerprint density at radius 2 is 1.06 bits per heavy atom. The Balaban J connectivity index is 0.000000306. The van der Waals surface area contributed by atoms with Crippen LogP contribution in [0.15, 0.2) is 115 Å². The first kappa shape index (κ1) is 45.0. The smallest absolute Gasteiger partial charge is 0.115 e. The van der Waals surface area contributed by atoms with Gasteiger partial charge in [0.25, 0.3) is 0 Å². The number of nitrogens with one attached hydrogen (secondary N) is 1. The van der Waals surface area contributed by atoms with Gasteiger partial charge in [-0.2, -0.15) is 16.4 Å². The Bertz CT molecular complexity index is 1370. The number of pyridine rings is 2. The van der Waals surface area contributed by atoms with Crippen molar-refractivity contribution in [3.05, 3.63) is 147 Å². The van der Waals surface area contributed by atoms with E-state index in [0.717, 1.165) is 0 Å². The van der Waals surface area contributed by atoms with Crippen molar-refractivity contribution < 1.29 is 0 Å². The molecule has 6 heterocycles. The highest BCUT2D eigenvalue weighted by Gasteiger charge is 1.98. The molecule has 0 saturated heterocycles. The lowest BCUT2D eigenvalue weighted by Gasteiger charge is -2.01. The fourth-order valence-electron chi connectivity index (χ4n) is 3.87. The Hall–Kier alpha value is -4.01. The van der Waals surface area contributed by atoms with E-state index in [-0.39, 0.29) is 0 Å². The van der Waals surface area contributed by atoms with Crippen LogP contribution in [0, 0.1) is 0 Å². The van der Waals surface area contributed by atoms with E-state index in [0.29, 0.717) is 35.5 Å². The fraction of sp³-hybridized carbons (Fsp3) is 0.419. The number of rotatable bonds is 6. The van der Waals surface area contributed by atoms with E-state index >= 15 is 0 Å². The van der Waals surface area contributed by atoms with Gasteiger partial charge in [0.2, 0.25) is 0 Å². The minimum atomic E-state index is 0.534. The monoisotopic (exact) mass is 726 g/mol. The molecule has 0 atom stereocenters. The SMILES string of the molecule is CC(C)c1cccnc1.CC(C)c1cccs1.CC(C)c1ccncc1.CC(C)c1ccsc1.CC(C)c1cn[nH]c1.CC(C)c1cncnc1. The number of nitrogens with zero attached hydrogens (tertiary/aromatic N) is 5. The molecule has 6 aromatic rings. The first-order chi connectivity index (χ1) is 24.3. The Morgan fingerprint density at radius 3 is 1.35 bits per heavy atom. The van der Waals surface area contributed by atoms with Crippen molar-refractivity contribution >= 4 is 22.7 Å². The molecule has 0 saturated carbocycles. The second-order valence-corrected chi connectivity index (χ2v) is 15.5. The zero-order valence-corrected chi connectivity index (χ0v) is 34.6. The van der Waals surface area contributed by atoms with Crippen LogP contribution in [-0.4, -0.2) is 30.1 Å². The van der Waals surface area contributed by atoms with Crippen LogP contribution >= 0.6 is 22.7 Å². The summed E-state index contributed by atoms with van der Waals surface area (Å²) in [5.41, 5.74) is 6.57. The van der Waals surface area contributed by atoms with Gasteiger partial charge in [0, 0.05) is 48.3 Å². The highest BCUT2D eigenvalue weighted by atomic mass is 32.1. The summed E-state index contributed by atoms with van der Waals surface area (Å²) in [5, 5.41) is 13.0. The lowest BCUT2D eigenvalue weighted by Crippen LogP contribution is -1.88. The second kappa shape index (κ2) is 26.8. The summed E-state index contributed by atoms with van der Waals surface area (Å²) >= 11 is 3.60. The molecule has 0 amide bonds. The zero-order chi connectivity index (χ0) is 38.0. The Morgan fingerprint density at radius 1 is 0.471 bits per heavy atom. The highest BCUT2D eigenvalue weighted by molar-refractivity contribution is 7.10. The number of hydrogen-bond donors (Lipinski definition) is 1. The van der Waals surface area contributed by atoms with Crippen LogP contribution in [-0.2, 0) is 0 Å². The maximum atomic E-state index is 4.01.